The van der Waals surface area contributed by atoms with Gasteiger partial charge in [0, 0.05) is 22.1 Å². The van der Waals surface area contributed by atoms with E-state index in [1.165, 1.54) is 16.7 Å². The third-order valence-electron chi connectivity index (χ3n) is 8.86. The van der Waals surface area contributed by atoms with Crippen molar-refractivity contribution in [1.82, 2.24) is 4.98 Å². The molecular weight excluding hydrogens is 583 g/mol. The Bertz CT molecular complexity index is 2350. The first-order chi connectivity index (χ1) is 23.7. The normalized spacial score (nSPS) is 14.0. The van der Waals surface area contributed by atoms with Crippen molar-refractivity contribution in [3.8, 4) is 55.9 Å². The maximum atomic E-state index is 6.27. The van der Waals surface area contributed by atoms with E-state index in [2.05, 4.69) is 146 Å². The Kier molecular flexibility index (Phi) is 7.82. The van der Waals surface area contributed by atoms with Crippen LogP contribution in [0.2, 0.25) is 0 Å². The topological polar surface area (TPSA) is 26.0 Å². The van der Waals surface area contributed by atoms with Gasteiger partial charge in [0.2, 0.25) is 0 Å². The molecule has 1 aliphatic carbocycles. The van der Waals surface area contributed by atoms with Crippen LogP contribution in [0.25, 0.3) is 72.9 Å². The molecule has 0 bridgehead atoms. The predicted molar refractivity (Wildman–Crippen MR) is 201 cm³/mol. The summed E-state index contributed by atoms with van der Waals surface area (Å²) in [6.07, 6.45) is 13.1. The van der Waals surface area contributed by atoms with E-state index >= 15 is 0 Å². The lowest BCUT2D eigenvalue weighted by Crippen LogP contribution is -1.92. The fourth-order valence-electron chi connectivity index (χ4n) is 6.32. The number of hydrogen-bond acceptors (Lipinski definition) is 2. The molecular formula is C46H33NO. The van der Waals surface area contributed by atoms with Gasteiger partial charge in [0.1, 0.15) is 11.3 Å². The summed E-state index contributed by atoms with van der Waals surface area (Å²) in [6, 6.07) is 49.3. The molecule has 0 spiro atoms. The van der Waals surface area contributed by atoms with Gasteiger partial charge in [-0.15, -0.1) is 0 Å². The molecule has 0 N–H and O–H groups in total. The van der Waals surface area contributed by atoms with E-state index in [1.807, 2.05) is 36.4 Å². The summed E-state index contributed by atoms with van der Waals surface area (Å²) in [6.45, 7) is 4.10. The first-order valence-corrected chi connectivity index (χ1v) is 16.3. The van der Waals surface area contributed by atoms with E-state index in [-0.39, 0.29) is 0 Å². The van der Waals surface area contributed by atoms with E-state index in [0.29, 0.717) is 0 Å². The van der Waals surface area contributed by atoms with Gasteiger partial charge < -0.3 is 4.42 Å². The number of furan rings is 1. The maximum Gasteiger partial charge on any atom is 0.135 e. The molecule has 0 fully saturated rings. The molecule has 0 aliphatic heterocycles. The molecule has 2 nitrogen and oxygen atoms in total. The molecule has 1 aliphatic rings. The molecule has 2 heteroatoms. The molecule has 0 saturated carbocycles. The van der Waals surface area contributed by atoms with Gasteiger partial charge in [-0.05, 0) is 81.8 Å². The number of allylic oxidation sites excluding steroid dienone is 6. The summed E-state index contributed by atoms with van der Waals surface area (Å²) in [4.78, 5) is 5.16. The van der Waals surface area contributed by atoms with Crippen molar-refractivity contribution in [2.24, 2.45) is 0 Å². The maximum absolute atomic E-state index is 6.27. The molecule has 5 aromatic carbocycles. The largest absolute Gasteiger partial charge is 0.456 e. The van der Waals surface area contributed by atoms with Crippen LogP contribution >= 0.6 is 0 Å². The molecule has 48 heavy (non-hydrogen) atoms. The van der Waals surface area contributed by atoms with Gasteiger partial charge in [0.25, 0.3) is 0 Å². The molecule has 228 valence electrons. The van der Waals surface area contributed by atoms with Crippen LogP contribution in [0.4, 0.5) is 0 Å². The SMILES string of the molecule is C=C1C=Cc2oc3ccc(-c4ccc(-c5cc(-c6ccccc6)nc(-c6cccc(-c7ccccc7)c6)c5)cc4)cc3c2C/C=C\C=C/1. The summed E-state index contributed by atoms with van der Waals surface area (Å²) >= 11 is 0. The van der Waals surface area contributed by atoms with Crippen molar-refractivity contribution in [2.75, 3.05) is 0 Å². The van der Waals surface area contributed by atoms with Crippen LogP contribution in [0.1, 0.15) is 11.3 Å². The Morgan fingerprint density at radius 2 is 1.08 bits per heavy atom. The molecule has 2 heterocycles. The van der Waals surface area contributed by atoms with Crippen molar-refractivity contribution in [3.63, 3.8) is 0 Å². The van der Waals surface area contributed by atoms with Crippen molar-refractivity contribution in [2.45, 2.75) is 6.42 Å². The number of nitrogens with zero attached hydrogens (tertiary/aromatic N) is 1. The van der Waals surface area contributed by atoms with Crippen molar-refractivity contribution >= 4 is 17.0 Å². The Hall–Kier alpha value is -6.25. The summed E-state index contributed by atoms with van der Waals surface area (Å²) in [5.74, 6) is 0.885. The lowest BCUT2D eigenvalue weighted by atomic mass is 9.96. The number of pyridine rings is 1. The van der Waals surface area contributed by atoms with Gasteiger partial charge >= 0.3 is 0 Å². The quantitative estimate of drug-likeness (QED) is 0.193. The first-order valence-electron chi connectivity index (χ1n) is 16.3. The molecule has 0 amide bonds. The minimum Gasteiger partial charge on any atom is -0.456 e. The van der Waals surface area contributed by atoms with E-state index in [1.54, 1.807) is 0 Å². The van der Waals surface area contributed by atoms with Gasteiger partial charge in [-0.2, -0.15) is 0 Å². The zero-order chi connectivity index (χ0) is 32.3. The number of aromatic nitrogens is 1. The highest BCUT2D eigenvalue weighted by atomic mass is 16.3. The monoisotopic (exact) mass is 615 g/mol. The average Bonchev–Trinajstić information content (AvgIpc) is 3.51. The van der Waals surface area contributed by atoms with Crippen LogP contribution in [-0.4, -0.2) is 4.98 Å². The Balaban J connectivity index is 1.17. The lowest BCUT2D eigenvalue weighted by molar-refractivity contribution is 0.600. The Morgan fingerprint density at radius 3 is 1.85 bits per heavy atom. The molecule has 2 aromatic heterocycles. The average molecular weight is 616 g/mol. The predicted octanol–water partition coefficient (Wildman–Crippen LogP) is 12.4. The molecule has 0 saturated heterocycles. The zero-order valence-electron chi connectivity index (χ0n) is 26.5. The van der Waals surface area contributed by atoms with Crippen molar-refractivity contribution in [1.29, 1.82) is 0 Å². The standard InChI is InChI=1S/C46H33NO/c1-32-12-5-2-10-19-41-42-29-38(25-27-46(42)48-45(41)26-20-32)34-21-23-35(24-22-34)40-30-43(36-15-8-4-9-16-36)47-44(31-40)39-18-11-17-37(28-39)33-13-6-3-7-14-33/h2-18,20-31H,1,19H2/b10-2-,12-5-,26-20?. The second-order valence-corrected chi connectivity index (χ2v) is 12.1. The van der Waals surface area contributed by atoms with Gasteiger partial charge in [-0.25, -0.2) is 4.98 Å². The molecule has 0 atom stereocenters. The van der Waals surface area contributed by atoms with E-state index in [0.717, 1.165) is 73.5 Å². The third-order valence-corrected chi connectivity index (χ3v) is 8.86. The van der Waals surface area contributed by atoms with E-state index in [4.69, 9.17) is 9.40 Å². The molecule has 0 radical (unpaired) electrons. The molecule has 0 unspecified atom stereocenters. The second kappa shape index (κ2) is 12.9. The summed E-state index contributed by atoms with van der Waals surface area (Å²) in [5, 5.41) is 1.14. The van der Waals surface area contributed by atoms with Gasteiger partial charge in [-0.1, -0.05) is 146 Å². The smallest absolute Gasteiger partial charge is 0.135 e. The summed E-state index contributed by atoms with van der Waals surface area (Å²) < 4.78 is 6.27. The minimum absolute atomic E-state index is 0.800. The van der Waals surface area contributed by atoms with Gasteiger partial charge in [0.05, 0.1) is 11.4 Å². The number of hydrogen-bond donors (Lipinski definition) is 0. The molecule has 8 rings (SSSR count). The third kappa shape index (κ3) is 6.00. The highest BCUT2D eigenvalue weighted by Crippen LogP contribution is 2.35. The van der Waals surface area contributed by atoms with Crippen LogP contribution < -0.4 is 0 Å². The number of benzene rings is 5. The summed E-state index contributed by atoms with van der Waals surface area (Å²) in [7, 11) is 0. The lowest BCUT2D eigenvalue weighted by Gasteiger charge is -2.12. The Morgan fingerprint density at radius 1 is 0.479 bits per heavy atom. The Labute approximate surface area is 281 Å². The zero-order valence-corrected chi connectivity index (χ0v) is 26.5. The minimum atomic E-state index is 0.800. The fourth-order valence-corrected chi connectivity index (χ4v) is 6.32. The number of fused-ring (bicyclic) bond motifs is 3. The first kappa shape index (κ1) is 29.2. The van der Waals surface area contributed by atoms with Crippen LogP contribution in [0.3, 0.4) is 0 Å². The van der Waals surface area contributed by atoms with Crippen LogP contribution in [0.5, 0.6) is 0 Å². The van der Waals surface area contributed by atoms with Crippen molar-refractivity contribution in [3.05, 3.63) is 193 Å². The van der Waals surface area contributed by atoms with Crippen LogP contribution in [0, 0.1) is 0 Å². The van der Waals surface area contributed by atoms with Crippen LogP contribution in [0.15, 0.2) is 186 Å². The van der Waals surface area contributed by atoms with E-state index < -0.39 is 0 Å². The van der Waals surface area contributed by atoms with Gasteiger partial charge in [-0.3, -0.25) is 0 Å². The van der Waals surface area contributed by atoms with Crippen molar-refractivity contribution < 1.29 is 4.42 Å². The highest BCUT2D eigenvalue weighted by molar-refractivity contribution is 5.90. The second-order valence-electron chi connectivity index (χ2n) is 12.1. The van der Waals surface area contributed by atoms with Gasteiger partial charge in [0.15, 0.2) is 0 Å². The summed E-state index contributed by atoms with van der Waals surface area (Å²) in [5.41, 5.74) is 14.1. The molecule has 7 aromatic rings. The highest BCUT2D eigenvalue weighted by Gasteiger charge is 2.14. The van der Waals surface area contributed by atoms with E-state index in [9.17, 15) is 0 Å². The number of rotatable bonds is 5. The fraction of sp³-hybridized carbons (Fsp3) is 0.0217. The van der Waals surface area contributed by atoms with Crippen LogP contribution in [-0.2, 0) is 6.42 Å².